The third-order valence-electron chi connectivity index (χ3n) is 4.81. The van der Waals surface area contributed by atoms with Gasteiger partial charge in [0.2, 0.25) is 5.91 Å². The molecule has 0 aromatic heterocycles. The molecule has 1 amide bonds. The molecular weight excluding hydrogens is 502 g/mol. The standard InChI is InChI=1S/C22H23Cl3F3N3O2/c1-4-6-20(32)30-29-18-10-14(7-8-17(18)25)19-12-21(33-31-19,22(26,27)28)15(5-2)11-16(24)9-13(3)23/h7-11,29H,3-6,12H2,1-2H3,(H,30,32). The van der Waals surface area contributed by atoms with Crippen molar-refractivity contribution >= 4 is 52.1 Å². The minimum atomic E-state index is -4.78. The van der Waals surface area contributed by atoms with Crippen LogP contribution in [-0.2, 0) is 9.63 Å². The SMILES string of the molecule is C=C(Cl)C=C(Cl)C=C(CC)C1(C(F)(F)F)CC(c2ccc(Cl)c(NNC(=O)CCC)c2)=NO1. The third kappa shape index (κ3) is 6.68. The summed E-state index contributed by atoms with van der Waals surface area (Å²) in [7, 11) is 0. The maximum Gasteiger partial charge on any atom is 0.435 e. The molecule has 0 saturated carbocycles. The van der Waals surface area contributed by atoms with Crippen LogP contribution < -0.4 is 10.9 Å². The first-order valence-electron chi connectivity index (χ1n) is 10.0. The predicted molar refractivity (Wildman–Crippen MR) is 126 cm³/mol. The van der Waals surface area contributed by atoms with E-state index in [0.29, 0.717) is 24.1 Å². The van der Waals surface area contributed by atoms with Crippen molar-refractivity contribution in [3.05, 3.63) is 63.2 Å². The molecule has 1 aliphatic rings. The van der Waals surface area contributed by atoms with Gasteiger partial charge < -0.3 is 4.84 Å². The van der Waals surface area contributed by atoms with Crippen LogP contribution in [0.1, 0.15) is 45.1 Å². The fourth-order valence-electron chi connectivity index (χ4n) is 3.18. The molecule has 0 saturated heterocycles. The number of rotatable bonds is 9. The number of allylic oxidation sites excluding steroid dienone is 4. The minimum absolute atomic E-state index is 0.00197. The van der Waals surface area contributed by atoms with Gasteiger partial charge in [-0.25, -0.2) is 0 Å². The molecule has 0 aliphatic carbocycles. The molecule has 2 rings (SSSR count). The molecule has 0 fully saturated rings. The Hall–Kier alpha value is -2.16. The zero-order valence-electron chi connectivity index (χ0n) is 18.0. The summed E-state index contributed by atoms with van der Waals surface area (Å²) in [5, 5.41) is 4.07. The molecule has 0 spiro atoms. The van der Waals surface area contributed by atoms with E-state index in [2.05, 4.69) is 22.6 Å². The molecule has 1 aliphatic heterocycles. The second-order valence-electron chi connectivity index (χ2n) is 7.25. The van der Waals surface area contributed by atoms with Gasteiger partial charge in [0, 0.05) is 28.5 Å². The van der Waals surface area contributed by atoms with Crippen molar-refractivity contribution in [3.63, 3.8) is 0 Å². The fraction of sp³-hybridized carbons (Fsp3) is 0.364. The van der Waals surface area contributed by atoms with Crippen LogP contribution in [0.4, 0.5) is 18.9 Å². The van der Waals surface area contributed by atoms with E-state index in [1.165, 1.54) is 30.4 Å². The van der Waals surface area contributed by atoms with Crippen LogP contribution in [-0.4, -0.2) is 23.4 Å². The van der Waals surface area contributed by atoms with Crippen LogP contribution >= 0.6 is 34.8 Å². The van der Waals surface area contributed by atoms with Gasteiger partial charge in [-0.1, -0.05) is 66.5 Å². The van der Waals surface area contributed by atoms with E-state index in [1.807, 2.05) is 6.92 Å². The second kappa shape index (κ2) is 11.3. The molecule has 2 N–H and O–H groups in total. The lowest BCUT2D eigenvalue weighted by atomic mass is 9.84. The number of benzene rings is 1. The first-order valence-corrected chi connectivity index (χ1v) is 11.2. The number of hydrogen-bond donors (Lipinski definition) is 2. The van der Waals surface area contributed by atoms with Crippen molar-refractivity contribution in [2.24, 2.45) is 5.16 Å². The van der Waals surface area contributed by atoms with Crippen molar-refractivity contribution < 1.29 is 22.8 Å². The summed E-state index contributed by atoms with van der Waals surface area (Å²) >= 11 is 17.9. The Kier molecular flexibility index (Phi) is 9.29. The molecule has 0 bridgehead atoms. The van der Waals surface area contributed by atoms with Gasteiger partial charge in [-0.2, -0.15) is 13.2 Å². The van der Waals surface area contributed by atoms with Crippen LogP contribution in [0, 0.1) is 0 Å². The average Bonchev–Trinajstić information content (AvgIpc) is 3.18. The lowest BCUT2D eigenvalue weighted by molar-refractivity contribution is -0.253. The highest BCUT2D eigenvalue weighted by Gasteiger charge is 2.62. The Bertz CT molecular complexity index is 1010. The van der Waals surface area contributed by atoms with Gasteiger partial charge in [-0.05, 0) is 42.7 Å². The smallest absolute Gasteiger partial charge is 0.374 e. The highest BCUT2D eigenvalue weighted by molar-refractivity contribution is 6.35. The van der Waals surface area contributed by atoms with Crippen molar-refractivity contribution in [1.29, 1.82) is 0 Å². The zero-order chi connectivity index (χ0) is 24.8. The Morgan fingerprint density at radius 3 is 2.58 bits per heavy atom. The summed E-state index contributed by atoms with van der Waals surface area (Å²) in [6, 6.07) is 4.50. The van der Waals surface area contributed by atoms with Crippen LogP contribution in [0.2, 0.25) is 5.02 Å². The summed E-state index contributed by atoms with van der Waals surface area (Å²) in [6.07, 6.45) is -2.00. The molecule has 1 unspecified atom stereocenters. The molecule has 1 atom stereocenters. The van der Waals surface area contributed by atoms with Gasteiger partial charge in [0.25, 0.3) is 5.60 Å². The van der Waals surface area contributed by atoms with E-state index >= 15 is 0 Å². The van der Waals surface area contributed by atoms with E-state index in [-0.39, 0.29) is 38.7 Å². The number of alkyl halides is 3. The number of hydrogen-bond acceptors (Lipinski definition) is 4. The molecule has 33 heavy (non-hydrogen) atoms. The number of oxime groups is 1. The molecule has 1 aromatic rings. The predicted octanol–water partition coefficient (Wildman–Crippen LogP) is 7.22. The first kappa shape index (κ1) is 27.1. The van der Waals surface area contributed by atoms with Crippen LogP contribution in [0.5, 0.6) is 0 Å². The molecule has 11 heteroatoms. The van der Waals surface area contributed by atoms with Gasteiger partial charge in [0.05, 0.1) is 16.4 Å². The quantitative estimate of drug-likeness (QED) is 0.265. The zero-order valence-corrected chi connectivity index (χ0v) is 20.2. The lowest BCUT2D eigenvalue weighted by Gasteiger charge is -2.31. The Morgan fingerprint density at radius 2 is 2.00 bits per heavy atom. The normalized spacial score (nSPS) is 19.1. The topological polar surface area (TPSA) is 62.7 Å². The monoisotopic (exact) mass is 523 g/mol. The highest BCUT2D eigenvalue weighted by Crippen LogP contribution is 2.47. The molecule has 5 nitrogen and oxygen atoms in total. The van der Waals surface area contributed by atoms with Gasteiger partial charge >= 0.3 is 6.18 Å². The number of anilines is 1. The van der Waals surface area contributed by atoms with Crippen molar-refractivity contribution in [1.82, 2.24) is 5.43 Å². The number of carbonyl (C=O) groups excluding carboxylic acids is 1. The number of amides is 1. The molecule has 180 valence electrons. The summed E-state index contributed by atoms with van der Waals surface area (Å²) in [4.78, 5) is 16.8. The molecular formula is C22H23Cl3F3N3O2. The maximum absolute atomic E-state index is 14.3. The lowest BCUT2D eigenvalue weighted by Crippen LogP contribution is -2.47. The van der Waals surface area contributed by atoms with E-state index in [9.17, 15) is 18.0 Å². The summed E-state index contributed by atoms with van der Waals surface area (Å²) < 4.78 is 42.8. The van der Waals surface area contributed by atoms with Crippen LogP contribution in [0.25, 0.3) is 0 Å². The summed E-state index contributed by atoms with van der Waals surface area (Å²) in [5.41, 5.74) is 3.09. The van der Waals surface area contributed by atoms with E-state index in [0.717, 1.165) is 0 Å². The number of nitrogens with zero attached hydrogens (tertiary/aromatic N) is 1. The number of nitrogens with one attached hydrogen (secondary N) is 2. The average molecular weight is 525 g/mol. The van der Waals surface area contributed by atoms with Crippen LogP contribution in [0.15, 0.2) is 57.7 Å². The molecule has 0 radical (unpaired) electrons. The Labute approximate surface area is 205 Å². The third-order valence-corrected chi connectivity index (χ3v) is 5.46. The number of carbonyl (C=O) groups is 1. The van der Waals surface area contributed by atoms with E-state index in [4.69, 9.17) is 39.6 Å². The van der Waals surface area contributed by atoms with Gasteiger partial charge in [0.15, 0.2) is 0 Å². The van der Waals surface area contributed by atoms with Crippen molar-refractivity contribution in [3.8, 4) is 0 Å². The fourth-order valence-corrected chi connectivity index (χ4v) is 3.79. The second-order valence-corrected chi connectivity index (χ2v) is 8.58. The van der Waals surface area contributed by atoms with Crippen LogP contribution in [0.3, 0.4) is 0 Å². The molecule has 1 aromatic carbocycles. The highest BCUT2D eigenvalue weighted by atomic mass is 35.5. The van der Waals surface area contributed by atoms with Gasteiger partial charge in [-0.15, -0.1) is 0 Å². The number of hydrazine groups is 1. The summed E-state index contributed by atoms with van der Waals surface area (Å²) in [6.45, 7) is 6.86. The van der Waals surface area contributed by atoms with Gasteiger partial charge in [-0.3, -0.25) is 15.6 Å². The largest absolute Gasteiger partial charge is 0.435 e. The number of halogens is 6. The first-order chi connectivity index (χ1) is 15.4. The molecule has 1 heterocycles. The van der Waals surface area contributed by atoms with E-state index in [1.54, 1.807) is 6.92 Å². The van der Waals surface area contributed by atoms with Gasteiger partial charge in [0.1, 0.15) is 0 Å². The Balaban J connectivity index is 2.37. The van der Waals surface area contributed by atoms with Crippen molar-refractivity contribution in [2.45, 2.75) is 51.3 Å². The van der Waals surface area contributed by atoms with E-state index < -0.39 is 18.2 Å². The van der Waals surface area contributed by atoms with Crippen molar-refractivity contribution in [2.75, 3.05) is 5.43 Å². The Morgan fingerprint density at radius 1 is 1.30 bits per heavy atom. The maximum atomic E-state index is 14.3. The minimum Gasteiger partial charge on any atom is -0.374 e. The summed E-state index contributed by atoms with van der Waals surface area (Å²) in [5.74, 6) is -0.251.